The number of nitrogens with one attached hydrogen (secondary N) is 1. The Labute approximate surface area is 220 Å². The summed E-state index contributed by atoms with van der Waals surface area (Å²) in [5.74, 6) is -0.00846. The third-order valence-electron chi connectivity index (χ3n) is 7.21. The van der Waals surface area contributed by atoms with Crippen LogP contribution in [0, 0.1) is 6.92 Å². The fourth-order valence-electron chi connectivity index (χ4n) is 5.18. The molecule has 1 amide bonds. The molecule has 2 aliphatic rings. The van der Waals surface area contributed by atoms with Gasteiger partial charge in [0.25, 0.3) is 5.91 Å². The molecule has 0 unspecified atom stereocenters. The largest absolute Gasteiger partial charge is 1.00 e. The van der Waals surface area contributed by atoms with E-state index in [1.54, 1.807) is 0 Å². The van der Waals surface area contributed by atoms with Gasteiger partial charge in [0, 0.05) is 23.2 Å². The molecule has 0 spiro atoms. The van der Waals surface area contributed by atoms with E-state index in [4.69, 9.17) is 0 Å². The molecule has 1 aliphatic carbocycles. The maximum absolute atomic E-state index is 12.9. The zero-order chi connectivity index (χ0) is 22.8. The maximum Gasteiger partial charge on any atom is 0.251 e. The zero-order valence-electron chi connectivity index (χ0n) is 20.1. The molecule has 1 aliphatic heterocycles. The quantitative estimate of drug-likeness (QED) is 0.374. The van der Waals surface area contributed by atoms with Gasteiger partial charge in [-0.2, -0.15) is 0 Å². The Morgan fingerprint density at radius 2 is 1.56 bits per heavy atom. The molecular weight excluding hydrogens is 531 g/mol. The molecule has 1 fully saturated rings. The molecular formula is C30H33IN2O. The van der Waals surface area contributed by atoms with E-state index >= 15 is 0 Å². The lowest BCUT2D eigenvalue weighted by atomic mass is 10.00. The van der Waals surface area contributed by atoms with Crippen molar-refractivity contribution in [1.29, 1.82) is 0 Å². The van der Waals surface area contributed by atoms with Gasteiger partial charge in [-0.15, -0.1) is 0 Å². The van der Waals surface area contributed by atoms with Crippen LogP contribution in [-0.4, -0.2) is 30.5 Å². The second kappa shape index (κ2) is 10.4. The Balaban J connectivity index is 0.00000274. The number of piperidine rings is 1. The smallest absolute Gasteiger partial charge is 0.251 e. The van der Waals surface area contributed by atoms with Crippen molar-refractivity contribution in [2.24, 2.45) is 0 Å². The minimum atomic E-state index is -0.00846. The van der Waals surface area contributed by atoms with Crippen LogP contribution < -0.4 is 29.3 Å². The molecule has 3 aromatic rings. The summed E-state index contributed by atoms with van der Waals surface area (Å²) < 4.78 is 1.13. The molecule has 34 heavy (non-hydrogen) atoms. The first-order valence-electron chi connectivity index (χ1n) is 12.1. The maximum atomic E-state index is 12.9. The third kappa shape index (κ3) is 5.61. The highest BCUT2D eigenvalue weighted by Crippen LogP contribution is 2.31. The van der Waals surface area contributed by atoms with Gasteiger partial charge in [0.15, 0.2) is 0 Å². The Morgan fingerprint density at radius 1 is 0.882 bits per heavy atom. The molecule has 0 radical (unpaired) electrons. The van der Waals surface area contributed by atoms with Crippen molar-refractivity contribution in [1.82, 2.24) is 0 Å². The number of likely N-dealkylation sites (tertiary alicyclic amines) is 1. The van der Waals surface area contributed by atoms with Crippen LogP contribution in [0.2, 0.25) is 0 Å². The fraction of sp³-hybridized carbons (Fsp3) is 0.300. The first kappa shape index (κ1) is 24.7. The average Bonchev–Trinajstić information content (AvgIpc) is 3.25. The molecule has 0 saturated carbocycles. The van der Waals surface area contributed by atoms with Crippen molar-refractivity contribution in [2.75, 3.05) is 25.5 Å². The summed E-state index contributed by atoms with van der Waals surface area (Å²) >= 11 is 0. The SMILES string of the molecule is Cc1ccc(-c2ccc3c(c2)C=C(C(=O)Nc2ccc(C[N+]4(C)CCCCC4)cc2)C3)cc1.[I-]. The lowest BCUT2D eigenvalue weighted by Crippen LogP contribution is -3.00. The fourth-order valence-corrected chi connectivity index (χ4v) is 5.18. The van der Waals surface area contributed by atoms with Gasteiger partial charge in [0.05, 0.1) is 20.1 Å². The topological polar surface area (TPSA) is 29.1 Å². The molecule has 0 atom stereocenters. The van der Waals surface area contributed by atoms with Crippen LogP contribution >= 0.6 is 0 Å². The molecule has 4 heteroatoms. The van der Waals surface area contributed by atoms with Gasteiger partial charge >= 0.3 is 0 Å². The number of benzene rings is 3. The summed E-state index contributed by atoms with van der Waals surface area (Å²) in [5.41, 5.74) is 9.03. The van der Waals surface area contributed by atoms with Gasteiger partial charge < -0.3 is 33.8 Å². The summed E-state index contributed by atoms with van der Waals surface area (Å²) in [6.45, 7) is 5.69. The number of halogens is 1. The first-order chi connectivity index (χ1) is 16.0. The second-order valence-electron chi connectivity index (χ2n) is 10.1. The monoisotopic (exact) mass is 564 g/mol. The summed E-state index contributed by atoms with van der Waals surface area (Å²) in [4.78, 5) is 12.9. The highest BCUT2D eigenvalue weighted by molar-refractivity contribution is 6.08. The predicted octanol–water partition coefficient (Wildman–Crippen LogP) is 3.37. The number of carbonyl (C=O) groups excluding carboxylic acids is 1. The van der Waals surface area contributed by atoms with E-state index < -0.39 is 0 Å². The summed E-state index contributed by atoms with van der Waals surface area (Å²) in [6.07, 6.45) is 6.75. The average molecular weight is 565 g/mol. The van der Waals surface area contributed by atoms with E-state index in [0.717, 1.165) is 27.9 Å². The Hall–Kier alpha value is -2.44. The van der Waals surface area contributed by atoms with E-state index in [2.05, 4.69) is 73.9 Å². The molecule has 0 bridgehead atoms. The van der Waals surface area contributed by atoms with Gasteiger partial charge in [0.1, 0.15) is 6.54 Å². The van der Waals surface area contributed by atoms with E-state index in [9.17, 15) is 4.79 Å². The number of hydrogen-bond donors (Lipinski definition) is 1. The van der Waals surface area contributed by atoms with Gasteiger partial charge in [0.2, 0.25) is 0 Å². The number of hydrogen-bond acceptors (Lipinski definition) is 1. The molecule has 5 rings (SSSR count). The van der Waals surface area contributed by atoms with Crippen molar-refractivity contribution in [3.63, 3.8) is 0 Å². The summed E-state index contributed by atoms with van der Waals surface area (Å²) in [7, 11) is 2.36. The van der Waals surface area contributed by atoms with Gasteiger partial charge in [-0.05, 0) is 72.7 Å². The van der Waals surface area contributed by atoms with Crippen molar-refractivity contribution in [2.45, 2.75) is 39.2 Å². The Bertz CT molecular complexity index is 1190. The number of carbonyl (C=O) groups is 1. The number of anilines is 1. The molecule has 3 aromatic carbocycles. The number of rotatable bonds is 5. The second-order valence-corrected chi connectivity index (χ2v) is 10.1. The number of nitrogens with zero attached hydrogens (tertiary/aromatic N) is 1. The molecule has 3 nitrogen and oxygen atoms in total. The van der Waals surface area contributed by atoms with Crippen LogP contribution in [0.3, 0.4) is 0 Å². The number of quaternary nitrogens is 1. The Morgan fingerprint density at radius 3 is 2.26 bits per heavy atom. The molecule has 0 aromatic heterocycles. The first-order valence-corrected chi connectivity index (χ1v) is 12.1. The predicted molar refractivity (Wildman–Crippen MR) is 137 cm³/mol. The number of amides is 1. The summed E-state index contributed by atoms with van der Waals surface area (Å²) in [5, 5.41) is 3.10. The van der Waals surface area contributed by atoms with Crippen LogP contribution in [0.15, 0.2) is 72.3 Å². The van der Waals surface area contributed by atoms with Crippen molar-refractivity contribution in [3.05, 3.63) is 94.6 Å². The zero-order valence-corrected chi connectivity index (χ0v) is 22.3. The lowest BCUT2D eigenvalue weighted by molar-refractivity contribution is -0.926. The van der Waals surface area contributed by atoms with Crippen LogP contribution in [0.25, 0.3) is 17.2 Å². The van der Waals surface area contributed by atoms with Crippen molar-refractivity contribution >= 4 is 17.7 Å². The van der Waals surface area contributed by atoms with Crippen molar-refractivity contribution in [3.8, 4) is 11.1 Å². The van der Waals surface area contributed by atoms with Gasteiger partial charge in [-0.3, -0.25) is 4.79 Å². The lowest BCUT2D eigenvalue weighted by Gasteiger charge is -2.37. The molecule has 176 valence electrons. The van der Waals surface area contributed by atoms with Crippen molar-refractivity contribution < 1.29 is 33.3 Å². The van der Waals surface area contributed by atoms with Crippen LogP contribution in [0.1, 0.15) is 41.5 Å². The standard InChI is InChI=1S/C30H32N2O.HI/c1-22-6-10-24(11-7-22)25-12-13-26-19-28(20-27(26)18-25)30(33)31-29-14-8-23(9-15-29)21-32(2)16-4-3-5-17-32;/h6-15,18,20H,3-5,16-17,19,21H2,1-2H3;1H. The van der Waals surface area contributed by atoms with Crippen LogP contribution in [0.4, 0.5) is 5.69 Å². The molecule has 1 heterocycles. The number of aryl methyl sites for hydroxylation is 1. The normalized spacial score (nSPS) is 16.2. The Kier molecular flexibility index (Phi) is 7.58. The van der Waals surface area contributed by atoms with E-state index in [-0.39, 0.29) is 29.9 Å². The minimum Gasteiger partial charge on any atom is -1.00 e. The molecule has 1 saturated heterocycles. The van der Waals surface area contributed by atoms with E-state index in [1.807, 2.05) is 18.2 Å². The van der Waals surface area contributed by atoms with Crippen LogP contribution in [0.5, 0.6) is 0 Å². The third-order valence-corrected chi connectivity index (χ3v) is 7.21. The van der Waals surface area contributed by atoms with E-state index in [0.29, 0.717) is 6.42 Å². The number of fused-ring (bicyclic) bond motifs is 1. The highest BCUT2D eigenvalue weighted by atomic mass is 127. The highest BCUT2D eigenvalue weighted by Gasteiger charge is 2.25. The van der Waals surface area contributed by atoms with Crippen LogP contribution in [-0.2, 0) is 17.8 Å². The summed E-state index contributed by atoms with van der Waals surface area (Å²) in [6, 6.07) is 23.5. The van der Waals surface area contributed by atoms with Gasteiger partial charge in [-0.1, -0.05) is 54.1 Å². The molecule has 1 N–H and O–H groups in total. The minimum absolute atomic E-state index is 0. The van der Waals surface area contributed by atoms with E-state index in [1.165, 1.54) is 60.2 Å². The van der Waals surface area contributed by atoms with Gasteiger partial charge in [-0.25, -0.2) is 0 Å².